The van der Waals surface area contributed by atoms with Crippen molar-refractivity contribution in [1.82, 2.24) is 0 Å². The fourth-order valence-electron chi connectivity index (χ4n) is 2.63. The van der Waals surface area contributed by atoms with Crippen LogP contribution in [0.4, 0.5) is 0 Å². The Hall–Kier alpha value is -0.900. The van der Waals surface area contributed by atoms with Crippen LogP contribution < -0.4 is 0 Å². The monoisotopic (exact) mass is 242 g/mol. The molecule has 4 heteroatoms. The second-order valence-corrected chi connectivity index (χ2v) is 4.43. The van der Waals surface area contributed by atoms with Crippen molar-refractivity contribution in [1.29, 1.82) is 0 Å². The van der Waals surface area contributed by atoms with Crippen molar-refractivity contribution in [2.24, 2.45) is 11.3 Å². The Labute approximate surface area is 103 Å². The Bertz CT molecular complexity index is 283. The van der Waals surface area contributed by atoms with E-state index in [9.17, 15) is 9.59 Å². The highest BCUT2D eigenvalue weighted by Gasteiger charge is 2.53. The Kier molecular flexibility index (Phi) is 5.12. The molecule has 1 heterocycles. The van der Waals surface area contributed by atoms with Crippen LogP contribution in [0.1, 0.15) is 40.0 Å². The second kappa shape index (κ2) is 6.15. The van der Waals surface area contributed by atoms with Gasteiger partial charge in [0.05, 0.1) is 19.8 Å². The third kappa shape index (κ3) is 2.51. The van der Waals surface area contributed by atoms with Crippen molar-refractivity contribution in [3.63, 3.8) is 0 Å². The van der Waals surface area contributed by atoms with Gasteiger partial charge in [-0.05, 0) is 12.8 Å². The van der Waals surface area contributed by atoms with Crippen LogP contribution in [-0.4, -0.2) is 31.6 Å². The van der Waals surface area contributed by atoms with E-state index in [4.69, 9.17) is 9.47 Å². The van der Waals surface area contributed by atoms with Gasteiger partial charge in [-0.25, -0.2) is 0 Å². The molecular formula is C13H22O4. The van der Waals surface area contributed by atoms with Crippen molar-refractivity contribution in [3.05, 3.63) is 0 Å². The number of Topliss-reactive ketones (excluding diaryl/α,β-unsaturated/α-hetero) is 1. The van der Waals surface area contributed by atoms with E-state index >= 15 is 0 Å². The molecule has 0 aromatic heterocycles. The van der Waals surface area contributed by atoms with Crippen LogP contribution in [0, 0.1) is 11.3 Å². The first-order chi connectivity index (χ1) is 8.13. The van der Waals surface area contributed by atoms with Gasteiger partial charge in [-0.1, -0.05) is 26.7 Å². The van der Waals surface area contributed by atoms with Gasteiger partial charge in [-0.2, -0.15) is 0 Å². The number of hydrogen-bond acceptors (Lipinski definition) is 4. The summed E-state index contributed by atoms with van der Waals surface area (Å²) in [5.74, 6) is -0.413. The van der Waals surface area contributed by atoms with Crippen molar-refractivity contribution < 1.29 is 19.1 Å². The number of esters is 1. The van der Waals surface area contributed by atoms with Crippen molar-refractivity contribution in [2.45, 2.75) is 40.0 Å². The van der Waals surface area contributed by atoms with E-state index in [0.717, 1.165) is 12.8 Å². The highest BCUT2D eigenvalue weighted by molar-refractivity contribution is 6.04. The topological polar surface area (TPSA) is 52.6 Å². The molecular weight excluding hydrogens is 220 g/mol. The zero-order valence-electron chi connectivity index (χ0n) is 11.0. The number of hydrogen-bond donors (Lipinski definition) is 0. The molecule has 0 spiro atoms. The third-order valence-corrected chi connectivity index (χ3v) is 3.62. The summed E-state index contributed by atoms with van der Waals surface area (Å²) in [4.78, 5) is 24.4. The first-order valence-electron chi connectivity index (χ1n) is 6.41. The van der Waals surface area contributed by atoms with Crippen LogP contribution in [0.15, 0.2) is 0 Å². The molecule has 4 nitrogen and oxygen atoms in total. The quantitative estimate of drug-likeness (QED) is 0.546. The zero-order chi connectivity index (χ0) is 12.9. The van der Waals surface area contributed by atoms with E-state index in [-0.39, 0.29) is 18.3 Å². The summed E-state index contributed by atoms with van der Waals surface area (Å²) >= 11 is 0. The summed E-state index contributed by atoms with van der Waals surface area (Å²) in [5, 5.41) is 0. The number of ether oxygens (including phenoxy) is 2. The van der Waals surface area contributed by atoms with Gasteiger partial charge in [-0.3, -0.25) is 9.59 Å². The maximum Gasteiger partial charge on any atom is 0.322 e. The molecule has 0 aliphatic carbocycles. The van der Waals surface area contributed by atoms with Crippen LogP contribution in [0.2, 0.25) is 0 Å². The standard InChI is InChI=1S/C13H22O4/c1-4-10(5-2)13(12(15)17-6-3)9-16-8-7-11(13)14/h10H,4-9H2,1-3H3. The van der Waals surface area contributed by atoms with Crippen LogP contribution in [0.3, 0.4) is 0 Å². The van der Waals surface area contributed by atoms with E-state index in [1.54, 1.807) is 6.92 Å². The normalized spacial score (nSPS) is 25.1. The molecule has 0 saturated carbocycles. The lowest BCUT2D eigenvalue weighted by Crippen LogP contribution is -2.52. The second-order valence-electron chi connectivity index (χ2n) is 4.43. The van der Waals surface area contributed by atoms with Gasteiger partial charge in [0.25, 0.3) is 0 Å². The smallest absolute Gasteiger partial charge is 0.322 e. The summed E-state index contributed by atoms with van der Waals surface area (Å²) in [6.45, 7) is 6.64. The Morgan fingerprint density at radius 1 is 1.41 bits per heavy atom. The molecule has 1 fully saturated rings. The van der Waals surface area contributed by atoms with Crippen LogP contribution in [0.25, 0.3) is 0 Å². The lowest BCUT2D eigenvalue weighted by Gasteiger charge is -2.38. The molecule has 1 aliphatic rings. The molecule has 1 saturated heterocycles. The van der Waals surface area contributed by atoms with Gasteiger partial charge < -0.3 is 9.47 Å². The predicted octanol–water partition coefficient (Wildman–Crippen LogP) is 1.96. The van der Waals surface area contributed by atoms with Crippen molar-refractivity contribution in [2.75, 3.05) is 19.8 Å². The number of carbonyl (C=O) groups excluding carboxylic acids is 2. The lowest BCUT2D eigenvalue weighted by molar-refractivity contribution is -0.175. The van der Waals surface area contributed by atoms with E-state index in [0.29, 0.717) is 19.6 Å². The fraction of sp³-hybridized carbons (Fsp3) is 0.846. The highest BCUT2D eigenvalue weighted by atomic mass is 16.5. The molecule has 1 atom stereocenters. The van der Waals surface area contributed by atoms with Gasteiger partial charge in [0.1, 0.15) is 0 Å². The third-order valence-electron chi connectivity index (χ3n) is 3.62. The Morgan fingerprint density at radius 2 is 2.06 bits per heavy atom. The average molecular weight is 242 g/mol. The minimum atomic E-state index is -1.06. The molecule has 0 aromatic rings. The molecule has 1 rings (SSSR count). The first-order valence-corrected chi connectivity index (χ1v) is 6.41. The van der Waals surface area contributed by atoms with E-state index in [2.05, 4.69) is 0 Å². The summed E-state index contributed by atoms with van der Waals surface area (Å²) in [6, 6.07) is 0. The minimum Gasteiger partial charge on any atom is -0.465 e. The number of carbonyl (C=O) groups is 2. The van der Waals surface area contributed by atoms with Crippen LogP contribution in [0.5, 0.6) is 0 Å². The van der Waals surface area contributed by atoms with Gasteiger partial charge in [0.2, 0.25) is 0 Å². The molecule has 98 valence electrons. The van der Waals surface area contributed by atoms with E-state index < -0.39 is 11.4 Å². The summed E-state index contributed by atoms with van der Waals surface area (Å²) in [6.07, 6.45) is 1.88. The summed E-state index contributed by atoms with van der Waals surface area (Å²) in [7, 11) is 0. The van der Waals surface area contributed by atoms with Gasteiger partial charge in [0, 0.05) is 6.42 Å². The molecule has 0 N–H and O–H groups in total. The number of rotatable bonds is 5. The molecule has 0 aromatic carbocycles. The Morgan fingerprint density at radius 3 is 2.53 bits per heavy atom. The first kappa shape index (κ1) is 14.2. The maximum absolute atomic E-state index is 12.2. The van der Waals surface area contributed by atoms with Crippen LogP contribution >= 0.6 is 0 Å². The lowest BCUT2D eigenvalue weighted by atomic mass is 9.68. The Balaban J connectivity index is 3.05. The van der Waals surface area contributed by atoms with Crippen molar-refractivity contribution in [3.8, 4) is 0 Å². The van der Waals surface area contributed by atoms with Crippen LogP contribution in [-0.2, 0) is 19.1 Å². The number of ketones is 1. The average Bonchev–Trinajstić information content (AvgIpc) is 2.33. The summed E-state index contributed by atoms with van der Waals surface area (Å²) in [5.41, 5.74) is -1.06. The molecule has 1 unspecified atom stereocenters. The van der Waals surface area contributed by atoms with Gasteiger partial charge >= 0.3 is 5.97 Å². The SMILES string of the molecule is CCOC(=O)C1(C(CC)CC)COCCC1=O. The van der Waals surface area contributed by atoms with E-state index in [1.807, 2.05) is 13.8 Å². The zero-order valence-corrected chi connectivity index (χ0v) is 11.0. The molecule has 0 amide bonds. The highest BCUT2D eigenvalue weighted by Crippen LogP contribution is 2.39. The largest absolute Gasteiger partial charge is 0.465 e. The minimum absolute atomic E-state index is 0.00866. The maximum atomic E-state index is 12.2. The molecule has 0 radical (unpaired) electrons. The predicted molar refractivity (Wildman–Crippen MR) is 63.6 cm³/mol. The van der Waals surface area contributed by atoms with Gasteiger partial charge in [0.15, 0.2) is 11.2 Å². The van der Waals surface area contributed by atoms with E-state index in [1.165, 1.54) is 0 Å². The fourth-order valence-corrected chi connectivity index (χ4v) is 2.63. The molecule has 0 bridgehead atoms. The van der Waals surface area contributed by atoms with Gasteiger partial charge in [-0.15, -0.1) is 0 Å². The molecule has 1 aliphatic heterocycles. The summed E-state index contributed by atoms with van der Waals surface area (Å²) < 4.78 is 10.5. The van der Waals surface area contributed by atoms with Crippen molar-refractivity contribution >= 4 is 11.8 Å². The molecule has 17 heavy (non-hydrogen) atoms.